The number of anilines is 2. The van der Waals surface area contributed by atoms with Crippen molar-refractivity contribution in [3.63, 3.8) is 0 Å². The van der Waals surface area contributed by atoms with Gasteiger partial charge in [0.2, 0.25) is 5.91 Å². The minimum Gasteiger partial charge on any atom is -0.339 e. The second-order valence-electron chi connectivity index (χ2n) is 5.69. The Labute approximate surface area is 160 Å². The van der Waals surface area contributed by atoms with E-state index in [2.05, 4.69) is 16.0 Å². The van der Waals surface area contributed by atoms with Crippen LogP contribution in [0.25, 0.3) is 0 Å². The highest BCUT2D eigenvalue weighted by atomic mass is 35.5. The number of halogens is 2. The van der Waals surface area contributed by atoms with Gasteiger partial charge >= 0.3 is 11.8 Å². The fourth-order valence-corrected chi connectivity index (χ4v) is 2.60. The van der Waals surface area contributed by atoms with Crippen LogP contribution in [-0.2, 0) is 14.4 Å². The molecule has 2 aromatic rings. The summed E-state index contributed by atoms with van der Waals surface area (Å²) in [5, 5.41) is 7.96. The van der Waals surface area contributed by atoms with Crippen molar-refractivity contribution in [2.75, 3.05) is 17.2 Å². The lowest BCUT2D eigenvalue weighted by molar-refractivity contribution is -0.136. The summed E-state index contributed by atoms with van der Waals surface area (Å²) in [6.07, 6.45) is 0. The minimum absolute atomic E-state index is 0.307. The van der Waals surface area contributed by atoms with E-state index in [1.54, 1.807) is 18.2 Å². The maximum Gasteiger partial charge on any atom is 0.313 e. The number of aryl methyl sites for hydroxylation is 2. The highest BCUT2D eigenvalue weighted by Gasteiger charge is 2.15. The lowest BCUT2D eigenvalue weighted by Crippen LogP contribution is -2.39. The topological polar surface area (TPSA) is 87.3 Å². The van der Waals surface area contributed by atoms with Gasteiger partial charge < -0.3 is 16.0 Å². The molecule has 6 nitrogen and oxygen atoms in total. The molecule has 0 unspecified atom stereocenters. The zero-order valence-corrected chi connectivity index (χ0v) is 15.7. The minimum atomic E-state index is -0.920. The molecule has 0 radical (unpaired) electrons. The number of benzene rings is 2. The fraction of sp³-hybridized carbons (Fsp3) is 0.167. The van der Waals surface area contributed by atoms with Crippen LogP contribution in [0.1, 0.15) is 11.1 Å². The van der Waals surface area contributed by atoms with Crippen molar-refractivity contribution in [3.8, 4) is 0 Å². The number of carbonyl (C=O) groups is 3. The summed E-state index contributed by atoms with van der Waals surface area (Å²) >= 11 is 11.8. The first-order chi connectivity index (χ1) is 12.2. The zero-order valence-electron chi connectivity index (χ0n) is 14.2. The smallest absolute Gasteiger partial charge is 0.313 e. The molecule has 2 rings (SSSR count). The molecule has 0 saturated heterocycles. The Morgan fingerprint density at radius 1 is 0.885 bits per heavy atom. The van der Waals surface area contributed by atoms with Crippen LogP contribution in [-0.4, -0.2) is 24.3 Å². The first-order valence-corrected chi connectivity index (χ1v) is 8.42. The molecule has 2 aromatic carbocycles. The first-order valence-electron chi connectivity index (χ1n) is 7.67. The maximum absolute atomic E-state index is 11.9. The second kappa shape index (κ2) is 8.69. The van der Waals surface area contributed by atoms with Gasteiger partial charge in [-0.1, -0.05) is 29.3 Å². The molecule has 0 aromatic heterocycles. The predicted molar refractivity (Wildman–Crippen MR) is 103 cm³/mol. The normalized spacial score (nSPS) is 10.2. The van der Waals surface area contributed by atoms with Gasteiger partial charge in [0.25, 0.3) is 0 Å². The van der Waals surface area contributed by atoms with E-state index in [0.29, 0.717) is 21.4 Å². The molecule has 0 fully saturated rings. The second-order valence-corrected chi connectivity index (χ2v) is 6.53. The number of hydrogen-bond donors (Lipinski definition) is 3. The van der Waals surface area contributed by atoms with Gasteiger partial charge in [-0.3, -0.25) is 14.4 Å². The standard InChI is InChI=1S/C18H17Cl2N3O3/c1-10-5-11(2)7-13(6-10)22-18(26)17(25)21-9-16(24)23-15-8-12(19)3-4-14(15)20/h3-8H,9H2,1-2H3,(H,21,25)(H,22,26)(H,23,24). The summed E-state index contributed by atoms with van der Waals surface area (Å²) in [6, 6.07) is 10.0. The lowest BCUT2D eigenvalue weighted by Gasteiger charge is -2.09. The van der Waals surface area contributed by atoms with Crippen LogP contribution < -0.4 is 16.0 Å². The van der Waals surface area contributed by atoms with Gasteiger partial charge in [0, 0.05) is 10.7 Å². The Bertz CT molecular complexity index is 849. The molecule has 0 aliphatic rings. The van der Waals surface area contributed by atoms with Crippen LogP contribution in [0.2, 0.25) is 10.0 Å². The highest BCUT2D eigenvalue weighted by molar-refractivity contribution is 6.40. The zero-order chi connectivity index (χ0) is 19.3. The van der Waals surface area contributed by atoms with Gasteiger partial charge in [-0.15, -0.1) is 0 Å². The number of hydrogen-bond acceptors (Lipinski definition) is 3. The monoisotopic (exact) mass is 393 g/mol. The van der Waals surface area contributed by atoms with Crippen molar-refractivity contribution in [2.45, 2.75) is 13.8 Å². The van der Waals surface area contributed by atoms with E-state index in [9.17, 15) is 14.4 Å². The summed E-state index contributed by atoms with van der Waals surface area (Å²) < 4.78 is 0. The van der Waals surface area contributed by atoms with Gasteiger partial charge in [0.15, 0.2) is 0 Å². The Hall–Kier alpha value is -2.57. The van der Waals surface area contributed by atoms with Crippen molar-refractivity contribution in [1.82, 2.24) is 5.32 Å². The Morgan fingerprint density at radius 3 is 2.19 bits per heavy atom. The van der Waals surface area contributed by atoms with Crippen molar-refractivity contribution in [2.24, 2.45) is 0 Å². The van der Waals surface area contributed by atoms with Crippen LogP contribution in [0.4, 0.5) is 11.4 Å². The van der Waals surface area contributed by atoms with Gasteiger partial charge in [-0.25, -0.2) is 0 Å². The molecule has 0 heterocycles. The van der Waals surface area contributed by atoms with Gasteiger partial charge in [0.1, 0.15) is 0 Å². The first kappa shape index (κ1) is 19.8. The molecule has 8 heteroatoms. The molecule has 26 heavy (non-hydrogen) atoms. The number of nitrogens with one attached hydrogen (secondary N) is 3. The van der Waals surface area contributed by atoms with E-state index in [0.717, 1.165) is 11.1 Å². The Kier molecular flexibility index (Phi) is 6.60. The average Bonchev–Trinajstić information content (AvgIpc) is 2.55. The number of rotatable bonds is 4. The predicted octanol–water partition coefficient (Wildman–Crippen LogP) is 3.30. The Balaban J connectivity index is 1.88. The van der Waals surface area contributed by atoms with E-state index in [1.165, 1.54) is 12.1 Å². The number of amides is 3. The lowest BCUT2D eigenvalue weighted by atomic mass is 10.1. The van der Waals surface area contributed by atoms with Crippen LogP contribution >= 0.6 is 23.2 Å². The number of carbonyl (C=O) groups excluding carboxylic acids is 3. The fourth-order valence-electron chi connectivity index (χ4n) is 2.26. The van der Waals surface area contributed by atoms with E-state index in [1.807, 2.05) is 19.9 Å². The van der Waals surface area contributed by atoms with Gasteiger partial charge in [0.05, 0.1) is 17.3 Å². The molecule has 3 N–H and O–H groups in total. The van der Waals surface area contributed by atoms with E-state index in [4.69, 9.17) is 23.2 Å². The van der Waals surface area contributed by atoms with Crippen molar-refractivity contribution < 1.29 is 14.4 Å². The summed E-state index contributed by atoms with van der Waals surface area (Å²) in [4.78, 5) is 35.6. The molecule has 0 spiro atoms. The molecule has 0 bridgehead atoms. The van der Waals surface area contributed by atoms with Crippen molar-refractivity contribution >= 4 is 52.3 Å². The van der Waals surface area contributed by atoms with E-state index >= 15 is 0 Å². The molecule has 0 atom stereocenters. The summed E-state index contributed by atoms with van der Waals surface area (Å²) in [7, 11) is 0. The molecular formula is C18H17Cl2N3O3. The Morgan fingerprint density at radius 2 is 1.54 bits per heavy atom. The SMILES string of the molecule is Cc1cc(C)cc(NC(=O)C(=O)NCC(=O)Nc2cc(Cl)ccc2Cl)c1. The molecule has 0 aliphatic heterocycles. The molecular weight excluding hydrogens is 377 g/mol. The third-order valence-electron chi connectivity index (χ3n) is 3.30. The maximum atomic E-state index is 11.9. The molecule has 136 valence electrons. The third-order valence-corrected chi connectivity index (χ3v) is 3.86. The van der Waals surface area contributed by atoms with E-state index < -0.39 is 17.7 Å². The largest absolute Gasteiger partial charge is 0.339 e. The van der Waals surface area contributed by atoms with Crippen LogP contribution in [0, 0.1) is 13.8 Å². The van der Waals surface area contributed by atoms with Gasteiger partial charge in [-0.05, 0) is 55.3 Å². The van der Waals surface area contributed by atoms with Crippen LogP contribution in [0.15, 0.2) is 36.4 Å². The average molecular weight is 394 g/mol. The quantitative estimate of drug-likeness (QED) is 0.696. The van der Waals surface area contributed by atoms with Gasteiger partial charge in [-0.2, -0.15) is 0 Å². The third kappa shape index (κ3) is 5.75. The summed E-state index contributed by atoms with van der Waals surface area (Å²) in [5.41, 5.74) is 2.74. The highest BCUT2D eigenvalue weighted by Crippen LogP contribution is 2.25. The molecule has 3 amide bonds. The molecule has 0 saturated carbocycles. The van der Waals surface area contributed by atoms with Crippen LogP contribution in [0.5, 0.6) is 0 Å². The summed E-state index contributed by atoms with van der Waals surface area (Å²) in [5.74, 6) is -2.32. The van der Waals surface area contributed by atoms with Crippen molar-refractivity contribution in [1.29, 1.82) is 0 Å². The van der Waals surface area contributed by atoms with Crippen LogP contribution in [0.3, 0.4) is 0 Å². The van der Waals surface area contributed by atoms with Crippen molar-refractivity contribution in [3.05, 3.63) is 57.6 Å². The summed E-state index contributed by atoms with van der Waals surface area (Å²) in [6.45, 7) is 3.38. The van der Waals surface area contributed by atoms with E-state index in [-0.39, 0.29) is 6.54 Å². The molecule has 0 aliphatic carbocycles.